The Hall–Kier alpha value is -1.56. The molecule has 0 bridgehead atoms. The predicted molar refractivity (Wildman–Crippen MR) is 64.8 cm³/mol. The molecule has 0 atom stereocenters. The molecule has 1 rings (SSSR count). The fourth-order valence-electron chi connectivity index (χ4n) is 1.22. The van der Waals surface area contributed by atoms with E-state index < -0.39 is 18.3 Å². The number of halogens is 1. The summed E-state index contributed by atoms with van der Waals surface area (Å²) in [5.41, 5.74) is 0.858. The Labute approximate surface area is 107 Å². The van der Waals surface area contributed by atoms with Crippen molar-refractivity contribution >= 4 is 27.8 Å². The van der Waals surface area contributed by atoms with Crippen LogP contribution in [0, 0.1) is 0 Å². The number of hydrogen-bond donors (Lipinski definition) is 2. The SMILES string of the molecule is COc1ccc(CNC(=O)CC(=O)O)cc1Br. The maximum absolute atomic E-state index is 11.1. The van der Waals surface area contributed by atoms with Crippen LogP contribution in [0.4, 0.5) is 0 Å². The minimum absolute atomic E-state index is 0.286. The normalized spacial score (nSPS) is 9.76. The van der Waals surface area contributed by atoms with Crippen LogP contribution in [0.3, 0.4) is 0 Å². The molecule has 0 aliphatic carbocycles. The fourth-order valence-corrected chi connectivity index (χ4v) is 1.81. The van der Waals surface area contributed by atoms with E-state index in [1.807, 2.05) is 0 Å². The van der Waals surface area contributed by atoms with Gasteiger partial charge in [0.05, 0.1) is 11.6 Å². The molecule has 0 saturated carbocycles. The molecule has 17 heavy (non-hydrogen) atoms. The van der Waals surface area contributed by atoms with Crippen molar-refractivity contribution in [3.63, 3.8) is 0 Å². The molecule has 1 aromatic carbocycles. The monoisotopic (exact) mass is 301 g/mol. The largest absolute Gasteiger partial charge is 0.496 e. The van der Waals surface area contributed by atoms with Crippen LogP contribution in [0.5, 0.6) is 5.75 Å². The summed E-state index contributed by atoms with van der Waals surface area (Å²) < 4.78 is 5.85. The minimum atomic E-state index is -1.14. The highest BCUT2D eigenvalue weighted by Gasteiger charge is 2.07. The molecule has 0 spiro atoms. The Morgan fingerprint density at radius 2 is 2.18 bits per heavy atom. The lowest BCUT2D eigenvalue weighted by molar-refractivity contribution is -0.140. The number of carboxylic acids is 1. The van der Waals surface area contributed by atoms with E-state index in [1.165, 1.54) is 0 Å². The number of rotatable bonds is 5. The van der Waals surface area contributed by atoms with E-state index in [2.05, 4.69) is 21.2 Å². The number of carboxylic acid groups (broad SMARTS) is 1. The van der Waals surface area contributed by atoms with Gasteiger partial charge in [0, 0.05) is 6.54 Å². The quantitative estimate of drug-likeness (QED) is 0.809. The lowest BCUT2D eigenvalue weighted by Gasteiger charge is -2.07. The van der Waals surface area contributed by atoms with Crippen LogP contribution in [0.15, 0.2) is 22.7 Å². The molecule has 1 aromatic rings. The summed E-state index contributed by atoms with van der Waals surface area (Å²) in [6.45, 7) is 0.286. The summed E-state index contributed by atoms with van der Waals surface area (Å²) in [4.78, 5) is 21.4. The van der Waals surface area contributed by atoms with Crippen molar-refractivity contribution in [1.82, 2.24) is 5.32 Å². The molecule has 92 valence electrons. The van der Waals surface area contributed by atoms with Gasteiger partial charge in [0.15, 0.2) is 0 Å². The topological polar surface area (TPSA) is 75.6 Å². The summed E-state index contributed by atoms with van der Waals surface area (Å²) in [6.07, 6.45) is -0.517. The summed E-state index contributed by atoms with van der Waals surface area (Å²) >= 11 is 3.32. The van der Waals surface area contributed by atoms with Crippen molar-refractivity contribution in [3.8, 4) is 5.75 Å². The van der Waals surface area contributed by atoms with Crippen molar-refractivity contribution in [2.75, 3.05) is 7.11 Å². The van der Waals surface area contributed by atoms with Crippen LogP contribution in [-0.2, 0) is 16.1 Å². The zero-order valence-electron chi connectivity index (χ0n) is 9.20. The highest BCUT2D eigenvalue weighted by molar-refractivity contribution is 9.10. The molecule has 0 aromatic heterocycles. The smallest absolute Gasteiger partial charge is 0.312 e. The van der Waals surface area contributed by atoms with Gasteiger partial charge < -0.3 is 15.2 Å². The first-order valence-electron chi connectivity index (χ1n) is 4.84. The number of ether oxygens (including phenoxy) is 1. The predicted octanol–water partition coefficient (Wildman–Crippen LogP) is 1.55. The lowest BCUT2D eigenvalue weighted by Crippen LogP contribution is -2.25. The highest BCUT2D eigenvalue weighted by Crippen LogP contribution is 2.25. The highest BCUT2D eigenvalue weighted by atomic mass is 79.9. The maximum atomic E-state index is 11.1. The number of benzene rings is 1. The van der Waals surface area contributed by atoms with Gasteiger partial charge in [0.25, 0.3) is 0 Å². The first-order chi connectivity index (χ1) is 8.02. The molecule has 0 radical (unpaired) electrons. The second kappa shape index (κ2) is 6.24. The van der Waals surface area contributed by atoms with E-state index in [0.717, 1.165) is 10.0 Å². The molecule has 2 N–H and O–H groups in total. The van der Waals surface area contributed by atoms with Gasteiger partial charge in [-0.25, -0.2) is 0 Å². The molecule has 0 unspecified atom stereocenters. The molecular weight excluding hydrogens is 290 g/mol. The van der Waals surface area contributed by atoms with Crippen LogP contribution in [-0.4, -0.2) is 24.1 Å². The van der Waals surface area contributed by atoms with Crippen LogP contribution in [0.2, 0.25) is 0 Å². The van der Waals surface area contributed by atoms with E-state index in [4.69, 9.17) is 9.84 Å². The molecule has 1 amide bonds. The van der Waals surface area contributed by atoms with Gasteiger partial charge in [0.2, 0.25) is 5.91 Å². The van der Waals surface area contributed by atoms with E-state index in [9.17, 15) is 9.59 Å². The summed E-state index contributed by atoms with van der Waals surface area (Å²) in [5.74, 6) is -0.950. The lowest BCUT2D eigenvalue weighted by atomic mass is 10.2. The van der Waals surface area contributed by atoms with Crippen LogP contribution >= 0.6 is 15.9 Å². The third-order valence-electron chi connectivity index (χ3n) is 2.02. The van der Waals surface area contributed by atoms with E-state index in [0.29, 0.717) is 5.75 Å². The van der Waals surface area contributed by atoms with Crippen LogP contribution < -0.4 is 10.1 Å². The Kier molecular flexibility index (Phi) is 4.96. The second-order valence-electron chi connectivity index (χ2n) is 3.32. The average Bonchev–Trinajstić information content (AvgIpc) is 2.25. The van der Waals surface area contributed by atoms with E-state index in [1.54, 1.807) is 25.3 Å². The number of methoxy groups -OCH3 is 1. The number of amides is 1. The third kappa shape index (κ3) is 4.44. The van der Waals surface area contributed by atoms with Crippen molar-refractivity contribution in [3.05, 3.63) is 28.2 Å². The van der Waals surface area contributed by atoms with E-state index in [-0.39, 0.29) is 6.54 Å². The summed E-state index contributed by atoms with van der Waals surface area (Å²) in [5, 5.41) is 10.9. The Balaban J connectivity index is 2.55. The Bertz CT molecular complexity index is 433. The summed E-state index contributed by atoms with van der Waals surface area (Å²) in [7, 11) is 1.56. The number of carbonyl (C=O) groups is 2. The first-order valence-corrected chi connectivity index (χ1v) is 5.63. The molecule has 0 aliphatic heterocycles. The Morgan fingerprint density at radius 3 is 2.71 bits per heavy atom. The van der Waals surface area contributed by atoms with Crippen LogP contribution in [0.1, 0.15) is 12.0 Å². The maximum Gasteiger partial charge on any atom is 0.312 e. The van der Waals surface area contributed by atoms with Gasteiger partial charge in [-0.15, -0.1) is 0 Å². The van der Waals surface area contributed by atoms with Crippen molar-refractivity contribution < 1.29 is 19.4 Å². The third-order valence-corrected chi connectivity index (χ3v) is 2.64. The molecule has 0 heterocycles. The molecule has 0 saturated heterocycles. The van der Waals surface area contributed by atoms with Gasteiger partial charge in [-0.05, 0) is 33.6 Å². The number of nitrogens with one attached hydrogen (secondary N) is 1. The standard InChI is InChI=1S/C11H12BrNO4/c1-17-9-3-2-7(4-8(9)12)6-13-10(14)5-11(15)16/h2-4H,5-6H2,1H3,(H,13,14)(H,15,16). The van der Waals surface area contributed by atoms with Gasteiger partial charge in [0.1, 0.15) is 12.2 Å². The molecule has 0 fully saturated rings. The molecule has 5 nitrogen and oxygen atoms in total. The fraction of sp³-hybridized carbons (Fsp3) is 0.273. The van der Waals surface area contributed by atoms with Gasteiger partial charge in [-0.3, -0.25) is 9.59 Å². The molecular formula is C11H12BrNO4. The summed E-state index contributed by atoms with van der Waals surface area (Å²) in [6, 6.07) is 5.37. The minimum Gasteiger partial charge on any atom is -0.496 e. The van der Waals surface area contributed by atoms with Gasteiger partial charge in [-0.1, -0.05) is 6.07 Å². The zero-order chi connectivity index (χ0) is 12.8. The first kappa shape index (κ1) is 13.5. The van der Waals surface area contributed by atoms with Crippen molar-refractivity contribution in [1.29, 1.82) is 0 Å². The van der Waals surface area contributed by atoms with Crippen LogP contribution in [0.25, 0.3) is 0 Å². The van der Waals surface area contributed by atoms with Gasteiger partial charge in [-0.2, -0.15) is 0 Å². The van der Waals surface area contributed by atoms with Gasteiger partial charge >= 0.3 is 5.97 Å². The zero-order valence-corrected chi connectivity index (χ0v) is 10.8. The number of hydrogen-bond acceptors (Lipinski definition) is 3. The molecule has 0 aliphatic rings. The van der Waals surface area contributed by atoms with Crippen molar-refractivity contribution in [2.45, 2.75) is 13.0 Å². The van der Waals surface area contributed by atoms with Crippen molar-refractivity contribution in [2.24, 2.45) is 0 Å². The second-order valence-corrected chi connectivity index (χ2v) is 4.17. The van der Waals surface area contributed by atoms with E-state index >= 15 is 0 Å². The average molecular weight is 302 g/mol. The Morgan fingerprint density at radius 1 is 1.47 bits per heavy atom. The number of carbonyl (C=O) groups excluding carboxylic acids is 1. The number of aliphatic carboxylic acids is 1. The molecule has 6 heteroatoms.